The van der Waals surface area contributed by atoms with Gasteiger partial charge in [-0.1, -0.05) is 66.7 Å². The first-order valence-corrected chi connectivity index (χ1v) is 13.6. The molecule has 2 aliphatic heterocycles. The number of H-pyrrole nitrogens is 1. The molecule has 1 aromatic heterocycles. The Morgan fingerprint density at radius 2 is 1.81 bits per heavy atom. The van der Waals surface area contributed by atoms with Gasteiger partial charge in [0.2, 0.25) is 11.8 Å². The van der Waals surface area contributed by atoms with Gasteiger partial charge in [0, 0.05) is 30.5 Å². The van der Waals surface area contributed by atoms with Crippen LogP contribution in [0, 0.1) is 0 Å². The third-order valence-corrected chi connectivity index (χ3v) is 7.82. The SMILES string of the molecule is C=CCN1CC(=O)N2[C@@H](Cc3ccc(O)cc3)C(=O)N(Cc3cccc4c(-c5ccccc5)[nH]nc34)C[C@@H]2N1C(=O)O. The first-order valence-electron chi connectivity index (χ1n) is 13.6. The van der Waals surface area contributed by atoms with Crippen LogP contribution in [-0.2, 0) is 22.6 Å². The lowest BCUT2D eigenvalue weighted by Gasteiger charge is -2.54. The van der Waals surface area contributed by atoms with Gasteiger partial charge in [-0.2, -0.15) is 5.10 Å². The van der Waals surface area contributed by atoms with Crippen LogP contribution < -0.4 is 0 Å². The van der Waals surface area contributed by atoms with Crippen molar-refractivity contribution in [3.63, 3.8) is 0 Å². The van der Waals surface area contributed by atoms with Crippen molar-refractivity contribution in [2.24, 2.45) is 0 Å². The second kappa shape index (κ2) is 11.0. The number of aromatic amines is 1. The summed E-state index contributed by atoms with van der Waals surface area (Å²) >= 11 is 0. The second-order valence-corrected chi connectivity index (χ2v) is 10.4. The fraction of sp³-hybridized carbons (Fsp3) is 0.226. The fourth-order valence-electron chi connectivity index (χ4n) is 5.94. The number of amides is 3. The largest absolute Gasteiger partial charge is 0.508 e. The standard InChI is InChI=1S/C31H30N6O5/c1-2-15-35-19-27(39)36-25(16-20-11-13-23(38)14-12-20)30(40)34(18-26(36)37(35)31(41)42)17-22-9-6-10-24-28(32-33-29(22)24)21-7-4-3-5-8-21/h2-14,25-26,38H,1,15-19H2,(H,32,33)(H,41,42)/t25-,26-/m0/s1. The van der Waals surface area contributed by atoms with Gasteiger partial charge >= 0.3 is 6.09 Å². The predicted molar refractivity (Wildman–Crippen MR) is 155 cm³/mol. The van der Waals surface area contributed by atoms with E-state index in [1.54, 1.807) is 23.1 Å². The zero-order valence-electron chi connectivity index (χ0n) is 22.8. The smallest absolute Gasteiger partial charge is 0.424 e. The Morgan fingerprint density at radius 1 is 1.05 bits per heavy atom. The lowest BCUT2D eigenvalue weighted by molar-refractivity contribution is -0.192. The molecule has 4 aromatic rings. The summed E-state index contributed by atoms with van der Waals surface area (Å²) < 4.78 is 0. The van der Waals surface area contributed by atoms with Crippen LogP contribution in [0.25, 0.3) is 22.2 Å². The number of aromatic hydroxyl groups is 1. The van der Waals surface area contributed by atoms with Crippen molar-refractivity contribution < 1.29 is 24.6 Å². The van der Waals surface area contributed by atoms with Crippen LogP contribution >= 0.6 is 0 Å². The number of phenolic OH excluding ortho intramolecular Hbond substituents is 1. The lowest BCUT2D eigenvalue weighted by Crippen LogP contribution is -2.75. The van der Waals surface area contributed by atoms with Crippen molar-refractivity contribution >= 4 is 28.8 Å². The van der Waals surface area contributed by atoms with Crippen LogP contribution in [0.3, 0.4) is 0 Å². The summed E-state index contributed by atoms with van der Waals surface area (Å²) in [7, 11) is 0. The van der Waals surface area contributed by atoms with Crippen molar-refractivity contribution in [1.29, 1.82) is 0 Å². The molecule has 0 spiro atoms. The van der Waals surface area contributed by atoms with Crippen LogP contribution in [0.15, 0.2) is 85.5 Å². The Balaban J connectivity index is 1.38. The van der Waals surface area contributed by atoms with E-state index >= 15 is 0 Å². The van der Waals surface area contributed by atoms with Gasteiger partial charge in [-0.05, 0) is 23.3 Å². The lowest BCUT2D eigenvalue weighted by atomic mass is 9.98. The van der Waals surface area contributed by atoms with Crippen molar-refractivity contribution in [3.8, 4) is 17.0 Å². The Hall–Kier alpha value is -5.16. The summed E-state index contributed by atoms with van der Waals surface area (Å²) in [6.07, 6.45) is -0.445. The van der Waals surface area contributed by atoms with Gasteiger partial charge in [-0.15, -0.1) is 6.58 Å². The number of para-hydroxylation sites is 1. The summed E-state index contributed by atoms with van der Waals surface area (Å²) in [6, 6.07) is 21.1. The maximum atomic E-state index is 14.1. The summed E-state index contributed by atoms with van der Waals surface area (Å²) in [5, 5.41) is 31.2. The van der Waals surface area contributed by atoms with E-state index in [0.717, 1.165) is 32.8 Å². The molecule has 0 bridgehead atoms. The van der Waals surface area contributed by atoms with E-state index in [1.165, 1.54) is 22.0 Å². The molecule has 3 heterocycles. The number of carboxylic acid groups (broad SMARTS) is 1. The van der Waals surface area contributed by atoms with Crippen LogP contribution in [0.1, 0.15) is 11.1 Å². The normalized spacial score (nSPS) is 19.3. The van der Waals surface area contributed by atoms with Crippen LogP contribution in [0.2, 0.25) is 0 Å². The number of carbonyl (C=O) groups excluding carboxylic acids is 2. The molecule has 3 amide bonds. The Bertz CT molecular complexity index is 1650. The van der Waals surface area contributed by atoms with Gasteiger partial charge < -0.3 is 20.0 Å². The summed E-state index contributed by atoms with van der Waals surface area (Å²) in [5.41, 5.74) is 4.09. The minimum absolute atomic E-state index is 0.0110. The molecule has 3 aromatic carbocycles. The predicted octanol–water partition coefficient (Wildman–Crippen LogP) is 3.44. The number of nitrogens with one attached hydrogen (secondary N) is 1. The average molecular weight is 567 g/mol. The molecule has 0 saturated carbocycles. The first-order chi connectivity index (χ1) is 20.4. The fourth-order valence-corrected chi connectivity index (χ4v) is 5.94. The summed E-state index contributed by atoms with van der Waals surface area (Å²) in [5.74, 6) is -0.537. The Labute approximate surface area is 241 Å². The monoisotopic (exact) mass is 566 g/mol. The number of rotatable bonds is 7. The topological polar surface area (TPSA) is 133 Å². The summed E-state index contributed by atoms with van der Waals surface area (Å²) in [6.45, 7) is 3.84. The number of benzene rings is 3. The third-order valence-electron chi connectivity index (χ3n) is 7.82. The molecule has 2 fully saturated rings. The quantitative estimate of drug-likeness (QED) is 0.292. The Kier molecular flexibility index (Phi) is 7.09. The van der Waals surface area contributed by atoms with Crippen molar-refractivity contribution in [2.45, 2.75) is 25.2 Å². The van der Waals surface area contributed by atoms with Gasteiger partial charge in [0.15, 0.2) is 0 Å². The minimum atomic E-state index is -1.22. The van der Waals surface area contributed by atoms with Crippen LogP contribution in [0.5, 0.6) is 5.75 Å². The summed E-state index contributed by atoms with van der Waals surface area (Å²) in [4.78, 5) is 43.1. The van der Waals surface area contributed by atoms with Crippen LogP contribution in [-0.4, -0.2) is 90.0 Å². The van der Waals surface area contributed by atoms with E-state index in [4.69, 9.17) is 0 Å². The van der Waals surface area contributed by atoms with Gasteiger partial charge in [-0.25, -0.2) is 14.8 Å². The maximum Gasteiger partial charge on any atom is 0.424 e. The van der Waals surface area contributed by atoms with E-state index in [-0.39, 0.29) is 50.2 Å². The molecule has 11 nitrogen and oxygen atoms in total. The molecular formula is C31H30N6O5. The van der Waals surface area contributed by atoms with E-state index in [0.29, 0.717) is 5.52 Å². The van der Waals surface area contributed by atoms with E-state index < -0.39 is 18.3 Å². The molecule has 214 valence electrons. The number of hydrogen-bond acceptors (Lipinski definition) is 6. The second-order valence-electron chi connectivity index (χ2n) is 10.4. The van der Waals surface area contributed by atoms with E-state index in [2.05, 4.69) is 16.8 Å². The van der Waals surface area contributed by atoms with E-state index in [9.17, 15) is 24.6 Å². The highest BCUT2D eigenvalue weighted by Gasteiger charge is 2.51. The van der Waals surface area contributed by atoms with Crippen molar-refractivity contribution in [3.05, 3.63) is 96.6 Å². The molecule has 11 heteroatoms. The first kappa shape index (κ1) is 27.0. The molecule has 3 N–H and O–H groups in total. The van der Waals surface area contributed by atoms with Gasteiger partial charge in [-0.3, -0.25) is 14.7 Å². The van der Waals surface area contributed by atoms with Crippen molar-refractivity contribution in [1.82, 2.24) is 30.0 Å². The number of fused-ring (bicyclic) bond motifs is 2. The van der Waals surface area contributed by atoms with Gasteiger partial charge in [0.25, 0.3) is 0 Å². The molecule has 6 rings (SSSR count). The number of aromatic nitrogens is 2. The van der Waals surface area contributed by atoms with Gasteiger partial charge in [0.05, 0.1) is 24.3 Å². The number of hydrogen-bond donors (Lipinski definition) is 3. The third kappa shape index (κ3) is 4.83. The molecule has 2 saturated heterocycles. The minimum Gasteiger partial charge on any atom is -0.508 e. The Morgan fingerprint density at radius 3 is 2.52 bits per heavy atom. The number of hydrazine groups is 1. The molecule has 0 radical (unpaired) electrons. The number of phenols is 1. The number of nitrogens with zero attached hydrogens (tertiary/aromatic N) is 5. The van der Waals surface area contributed by atoms with Crippen LogP contribution in [0.4, 0.5) is 4.79 Å². The maximum absolute atomic E-state index is 14.1. The molecule has 0 unspecified atom stereocenters. The molecular weight excluding hydrogens is 536 g/mol. The number of piperazine rings is 1. The highest BCUT2D eigenvalue weighted by molar-refractivity contribution is 5.95. The molecule has 2 aliphatic rings. The van der Waals surface area contributed by atoms with Crippen molar-refractivity contribution in [2.75, 3.05) is 19.6 Å². The van der Waals surface area contributed by atoms with Gasteiger partial charge in [0.1, 0.15) is 18.0 Å². The highest BCUT2D eigenvalue weighted by atomic mass is 16.4. The number of carbonyl (C=O) groups is 3. The molecule has 42 heavy (non-hydrogen) atoms. The zero-order valence-corrected chi connectivity index (χ0v) is 22.8. The molecule has 0 aliphatic carbocycles. The van der Waals surface area contributed by atoms with E-state index in [1.807, 2.05) is 48.5 Å². The average Bonchev–Trinajstić information content (AvgIpc) is 3.42. The molecule has 2 atom stereocenters. The highest BCUT2D eigenvalue weighted by Crippen LogP contribution is 2.32. The zero-order chi connectivity index (χ0) is 29.4.